The van der Waals surface area contributed by atoms with Gasteiger partial charge in [-0.2, -0.15) is 0 Å². The van der Waals surface area contributed by atoms with Crippen LogP contribution in [0.25, 0.3) is 0 Å². The van der Waals surface area contributed by atoms with Gasteiger partial charge in [-0.15, -0.1) is 0 Å². The summed E-state index contributed by atoms with van der Waals surface area (Å²) < 4.78 is 0. The summed E-state index contributed by atoms with van der Waals surface area (Å²) in [5.41, 5.74) is 2.66. The number of hydrogen-bond acceptors (Lipinski definition) is 3. The Kier molecular flexibility index (Phi) is 4.81. The minimum atomic E-state index is 0.506. The molecular weight excluding hydrogens is 234 g/mol. The van der Waals surface area contributed by atoms with Crippen molar-refractivity contribution in [1.29, 1.82) is 0 Å². The van der Waals surface area contributed by atoms with Crippen LogP contribution < -0.4 is 10.2 Å². The van der Waals surface area contributed by atoms with Crippen LogP contribution in [0.1, 0.15) is 46.1 Å². The van der Waals surface area contributed by atoms with Crippen molar-refractivity contribution in [1.82, 2.24) is 10.3 Å². The lowest BCUT2D eigenvalue weighted by atomic mass is 10.1. The lowest BCUT2D eigenvalue weighted by Crippen LogP contribution is -2.35. The Morgan fingerprint density at radius 2 is 2.05 bits per heavy atom. The van der Waals surface area contributed by atoms with Gasteiger partial charge in [0.05, 0.1) is 11.9 Å². The molecule has 1 fully saturated rings. The first-order chi connectivity index (χ1) is 9.08. The van der Waals surface area contributed by atoms with E-state index in [1.165, 1.54) is 24.1 Å². The maximum Gasteiger partial charge on any atom is 0.0600 e. The first kappa shape index (κ1) is 14.3. The van der Waals surface area contributed by atoms with Crippen molar-refractivity contribution in [3.05, 3.63) is 24.0 Å². The molecule has 1 heterocycles. The highest BCUT2D eigenvalue weighted by Gasteiger charge is 2.21. The number of rotatable bonds is 7. The molecule has 1 aromatic rings. The zero-order valence-electron chi connectivity index (χ0n) is 12.7. The molecule has 0 radical (unpaired) electrons. The van der Waals surface area contributed by atoms with E-state index in [1.807, 2.05) is 12.4 Å². The smallest absolute Gasteiger partial charge is 0.0600 e. The Labute approximate surface area is 117 Å². The van der Waals surface area contributed by atoms with Crippen LogP contribution in [-0.2, 0) is 6.54 Å². The molecule has 0 atom stereocenters. The van der Waals surface area contributed by atoms with Crippen LogP contribution in [0.4, 0.5) is 5.69 Å². The van der Waals surface area contributed by atoms with Gasteiger partial charge < -0.3 is 10.2 Å². The topological polar surface area (TPSA) is 28.2 Å². The second-order valence-corrected chi connectivity index (χ2v) is 6.30. The average molecular weight is 261 g/mol. The molecule has 0 spiro atoms. The summed E-state index contributed by atoms with van der Waals surface area (Å²) in [6.07, 6.45) is 6.59. The van der Waals surface area contributed by atoms with Crippen LogP contribution in [0.15, 0.2) is 18.5 Å². The predicted molar refractivity (Wildman–Crippen MR) is 81.4 cm³/mol. The van der Waals surface area contributed by atoms with Gasteiger partial charge in [-0.1, -0.05) is 13.8 Å². The highest BCUT2D eigenvalue weighted by Crippen LogP contribution is 2.25. The van der Waals surface area contributed by atoms with Crippen LogP contribution in [0.2, 0.25) is 0 Å². The van der Waals surface area contributed by atoms with Crippen molar-refractivity contribution in [2.75, 3.05) is 11.4 Å². The molecule has 0 saturated heterocycles. The molecule has 0 aliphatic heterocycles. The van der Waals surface area contributed by atoms with Crippen molar-refractivity contribution in [2.45, 2.75) is 59.2 Å². The van der Waals surface area contributed by atoms with Crippen LogP contribution in [0.3, 0.4) is 0 Å². The van der Waals surface area contributed by atoms with E-state index < -0.39 is 0 Å². The Morgan fingerprint density at radius 3 is 2.63 bits per heavy atom. The second-order valence-electron chi connectivity index (χ2n) is 6.30. The van der Waals surface area contributed by atoms with Crippen LogP contribution >= 0.6 is 0 Å². The van der Waals surface area contributed by atoms with Gasteiger partial charge in [-0.3, -0.25) is 4.98 Å². The third-order valence-electron chi connectivity index (χ3n) is 3.54. The summed E-state index contributed by atoms with van der Waals surface area (Å²) in [4.78, 5) is 6.80. The molecule has 19 heavy (non-hydrogen) atoms. The fraction of sp³-hybridized carbons (Fsp3) is 0.688. The number of nitrogens with zero attached hydrogens (tertiary/aromatic N) is 2. The summed E-state index contributed by atoms with van der Waals surface area (Å²) >= 11 is 0. The summed E-state index contributed by atoms with van der Waals surface area (Å²) in [7, 11) is 0. The molecule has 0 unspecified atom stereocenters. The summed E-state index contributed by atoms with van der Waals surface area (Å²) in [5.74, 6) is 0.659. The maximum atomic E-state index is 4.33. The quantitative estimate of drug-likeness (QED) is 0.817. The molecule has 3 heteroatoms. The number of hydrogen-bond donors (Lipinski definition) is 1. The summed E-state index contributed by atoms with van der Waals surface area (Å²) in [6.45, 7) is 11.1. The van der Waals surface area contributed by atoms with Gasteiger partial charge in [0, 0.05) is 31.4 Å². The van der Waals surface area contributed by atoms with Gasteiger partial charge in [0.25, 0.3) is 0 Å². The van der Waals surface area contributed by atoms with E-state index >= 15 is 0 Å². The fourth-order valence-corrected chi connectivity index (χ4v) is 2.35. The minimum absolute atomic E-state index is 0.506. The van der Waals surface area contributed by atoms with E-state index in [0.717, 1.165) is 19.1 Å². The Morgan fingerprint density at radius 1 is 1.32 bits per heavy atom. The van der Waals surface area contributed by atoms with Crippen molar-refractivity contribution in [3.63, 3.8) is 0 Å². The molecule has 0 bridgehead atoms. The predicted octanol–water partition coefficient (Wildman–Crippen LogP) is 3.20. The lowest BCUT2D eigenvalue weighted by Gasteiger charge is -2.32. The van der Waals surface area contributed by atoms with E-state index in [9.17, 15) is 0 Å². The molecule has 0 amide bonds. The molecule has 3 nitrogen and oxygen atoms in total. The van der Waals surface area contributed by atoms with Crippen LogP contribution in [0.5, 0.6) is 0 Å². The summed E-state index contributed by atoms with van der Waals surface area (Å²) in [5, 5.41) is 3.61. The maximum absolute atomic E-state index is 4.33. The van der Waals surface area contributed by atoms with E-state index in [1.54, 1.807) is 0 Å². The van der Waals surface area contributed by atoms with E-state index in [0.29, 0.717) is 12.0 Å². The third-order valence-corrected chi connectivity index (χ3v) is 3.54. The Hall–Kier alpha value is -1.09. The molecule has 1 aliphatic carbocycles. The van der Waals surface area contributed by atoms with Crippen LogP contribution in [0, 0.1) is 5.92 Å². The fourth-order valence-electron chi connectivity index (χ4n) is 2.35. The van der Waals surface area contributed by atoms with Gasteiger partial charge in [-0.05, 0) is 44.2 Å². The minimum Gasteiger partial charge on any atom is -0.367 e. The Bertz CT molecular complexity index is 397. The van der Waals surface area contributed by atoms with E-state index in [-0.39, 0.29) is 0 Å². The zero-order valence-corrected chi connectivity index (χ0v) is 12.7. The first-order valence-corrected chi connectivity index (χ1v) is 7.51. The number of anilines is 1. The number of pyridine rings is 1. The highest BCUT2D eigenvalue weighted by molar-refractivity contribution is 5.52. The van der Waals surface area contributed by atoms with E-state index in [4.69, 9.17) is 0 Å². The molecule has 1 aliphatic rings. The monoisotopic (exact) mass is 261 g/mol. The standard InChI is InChI=1S/C16H27N3/c1-12(2)11-19(13(3)4)16-10-17-8-7-14(16)9-18-15-5-6-15/h7-8,10,12-13,15,18H,5-6,9,11H2,1-4H3. The molecule has 1 aromatic heterocycles. The largest absolute Gasteiger partial charge is 0.367 e. The van der Waals surface area contributed by atoms with Gasteiger partial charge in [-0.25, -0.2) is 0 Å². The lowest BCUT2D eigenvalue weighted by molar-refractivity contribution is 0.566. The van der Waals surface area contributed by atoms with Crippen LogP contribution in [-0.4, -0.2) is 23.6 Å². The van der Waals surface area contributed by atoms with Crippen molar-refractivity contribution < 1.29 is 0 Å². The zero-order chi connectivity index (χ0) is 13.8. The molecule has 1 N–H and O–H groups in total. The number of nitrogens with one attached hydrogen (secondary N) is 1. The van der Waals surface area contributed by atoms with Gasteiger partial charge >= 0.3 is 0 Å². The summed E-state index contributed by atoms with van der Waals surface area (Å²) in [6, 6.07) is 3.41. The second kappa shape index (κ2) is 6.38. The third kappa shape index (κ3) is 4.20. The van der Waals surface area contributed by atoms with Gasteiger partial charge in [0.1, 0.15) is 0 Å². The molecule has 106 valence electrons. The van der Waals surface area contributed by atoms with Crippen molar-refractivity contribution in [2.24, 2.45) is 5.92 Å². The van der Waals surface area contributed by atoms with Crippen molar-refractivity contribution in [3.8, 4) is 0 Å². The van der Waals surface area contributed by atoms with Crippen molar-refractivity contribution >= 4 is 5.69 Å². The molecule has 0 aromatic carbocycles. The highest BCUT2D eigenvalue weighted by atomic mass is 15.2. The normalized spacial score (nSPS) is 15.3. The first-order valence-electron chi connectivity index (χ1n) is 7.51. The van der Waals surface area contributed by atoms with Gasteiger partial charge in [0.15, 0.2) is 0 Å². The SMILES string of the molecule is CC(C)CN(c1cnccc1CNC1CC1)C(C)C. The molecule has 1 saturated carbocycles. The Balaban J connectivity index is 2.14. The molecule has 2 rings (SSSR count). The molecular formula is C16H27N3. The van der Waals surface area contributed by atoms with E-state index in [2.05, 4.69) is 49.0 Å². The number of aromatic nitrogens is 1. The average Bonchev–Trinajstić information content (AvgIpc) is 3.17. The van der Waals surface area contributed by atoms with Gasteiger partial charge in [0.2, 0.25) is 0 Å².